The molecule has 2 heterocycles. The maximum atomic E-state index is 12.6. The zero-order valence-electron chi connectivity index (χ0n) is 18.4. The highest BCUT2D eigenvalue weighted by Gasteiger charge is 2.20. The van der Waals surface area contributed by atoms with Gasteiger partial charge in [-0.25, -0.2) is 14.8 Å². The molecule has 0 saturated carbocycles. The zero-order chi connectivity index (χ0) is 23.4. The Kier molecular flexibility index (Phi) is 6.62. The predicted octanol–water partition coefficient (Wildman–Crippen LogP) is 7.59. The van der Waals surface area contributed by atoms with Gasteiger partial charge < -0.3 is 10.1 Å². The van der Waals surface area contributed by atoms with Gasteiger partial charge in [0.05, 0.1) is 5.69 Å². The first-order chi connectivity index (χ1) is 15.8. The minimum Gasteiger partial charge on any atom is -0.437 e. The van der Waals surface area contributed by atoms with Gasteiger partial charge in [-0.1, -0.05) is 62.7 Å². The Labute approximate surface area is 201 Å². The average molecular weight is 479 g/mol. The van der Waals surface area contributed by atoms with Crippen LogP contribution in [0.15, 0.2) is 72.2 Å². The smallest absolute Gasteiger partial charge is 0.325 e. The van der Waals surface area contributed by atoms with Crippen LogP contribution in [0.1, 0.15) is 26.3 Å². The number of thiazole rings is 1. The lowest BCUT2D eigenvalue weighted by Crippen LogP contribution is -2.20. The molecule has 2 aromatic heterocycles. The zero-order valence-corrected chi connectivity index (χ0v) is 20.0. The molecule has 0 unspecified atom stereocenters. The topological polar surface area (TPSA) is 76.1 Å². The average Bonchev–Trinajstić information content (AvgIpc) is 3.23. The van der Waals surface area contributed by atoms with Gasteiger partial charge in [0, 0.05) is 27.7 Å². The molecule has 8 heteroatoms. The SMILES string of the molecule is CC(C)(C)c1ccccc1Oc1ncccc1NC(=O)Nc1nc(-c2ccc(Cl)cc2)cs1. The number of halogens is 1. The molecule has 0 saturated heterocycles. The van der Waals surface area contributed by atoms with Gasteiger partial charge in [0.2, 0.25) is 5.88 Å². The lowest BCUT2D eigenvalue weighted by Gasteiger charge is -2.22. The van der Waals surface area contributed by atoms with E-state index in [-0.39, 0.29) is 5.41 Å². The predicted molar refractivity (Wildman–Crippen MR) is 135 cm³/mol. The van der Waals surface area contributed by atoms with Crippen molar-refractivity contribution >= 4 is 39.8 Å². The van der Waals surface area contributed by atoms with E-state index in [4.69, 9.17) is 16.3 Å². The van der Waals surface area contributed by atoms with Crippen LogP contribution in [0.25, 0.3) is 11.3 Å². The van der Waals surface area contributed by atoms with Crippen molar-refractivity contribution in [3.8, 4) is 22.9 Å². The van der Waals surface area contributed by atoms with Gasteiger partial charge in [-0.3, -0.25) is 5.32 Å². The molecule has 168 valence electrons. The van der Waals surface area contributed by atoms with E-state index in [0.717, 1.165) is 16.8 Å². The number of amides is 2. The maximum absolute atomic E-state index is 12.6. The van der Waals surface area contributed by atoms with E-state index in [2.05, 4.69) is 41.4 Å². The van der Waals surface area contributed by atoms with E-state index in [0.29, 0.717) is 27.5 Å². The monoisotopic (exact) mass is 478 g/mol. The van der Waals surface area contributed by atoms with Crippen molar-refractivity contribution in [2.75, 3.05) is 10.6 Å². The molecule has 33 heavy (non-hydrogen) atoms. The molecule has 0 aliphatic heterocycles. The minimum atomic E-state index is -0.436. The molecule has 0 fully saturated rings. The third-order valence-corrected chi connectivity index (χ3v) is 5.80. The van der Waals surface area contributed by atoms with Gasteiger partial charge in [-0.05, 0) is 35.7 Å². The van der Waals surface area contributed by atoms with Gasteiger partial charge in [0.1, 0.15) is 11.4 Å². The molecule has 6 nitrogen and oxygen atoms in total. The Bertz CT molecular complexity index is 1270. The number of anilines is 2. The summed E-state index contributed by atoms with van der Waals surface area (Å²) in [5, 5.41) is 8.58. The van der Waals surface area contributed by atoms with Crippen molar-refractivity contribution in [3.63, 3.8) is 0 Å². The molecular formula is C25H23ClN4O2S. The molecule has 4 rings (SSSR count). The maximum Gasteiger partial charge on any atom is 0.325 e. The van der Waals surface area contributed by atoms with Crippen LogP contribution >= 0.6 is 22.9 Å². The first-order valence-corrected chi connectivity index (χ1v) is 11.6. The fraction of sp³-hybridized carbons (Fsp3) is 0.160. The lowest BCUT2D eigenvalue weighted by atomic mass is 9.86. The number of carbonyl (C=O) groups excluding carboxylic acids is 1. The van der Waals surface area contributed by atoms with E-state index in [1.807, 2.05) is 41.8 Å². The lowest BCUT2D eigenvalue weighted by molar-refractivity contribution is 0.262. The van der Waals surface area contributed by atoms with Crippen molar-refractivity contribution in [3.05, 3.63) is 82.8 Å². The van der Waals surface area contributed by atoms with Crippen molar-refractivity contribution in [1.29, 1.82) is 0 Å². The van der Waals surface area contributed by atoms with E-state index >= 15 is 0 Å². The fourth-order valence-corrected chi connectivity index (χ4v) is 4.02. The Morgan fingerprint density at radius 2 is 1.76 bits per heavy atom. The van der Waals surface area contributed by atoms with E-state index in [1.165, 1.54) is 11.3 Å². The first kappa shape index (κ1) is 22.8. The highest BCUT2D eigenvalue weighted by Crippen LogP contribution is 2.35. The number of nitrogens with zero attached hydrogens (tertiary/aromatic N) is 2. The summed E-state index contributed by atoms with van der Waals surface area (Å²) < 4.78 is 6.11. The van der Waals surface area contributed by atoms with Gasteiger partial charge in [0.15, 0.2) is 5.13 Å². The summed E-state index contributed by atoms with van der Waals surface area (Å²) in [6, 6.07) is 18.2. The second-order valence-corrected chi connectivity index (χ2v) is 9.62. The number of pyridine rings is 1. The number of urea groups is 1. The quantitative estimate of drug-likeness (QED) is 0.309. The molecule has 4 aromatic rings. The Hall–Kier alpha value is -3.42. The van der Waals surface area contributed by atoms with Gasteiger partial charge in [-0.2, -0.15) is 0 Å². The summed E-state index contributed by atoms with van der Waals surface area (Å²) >= 11 is 7.28. The third-order valence-electron chi connectivity index (χ3n) is 4.79. The van der Waals surface area contributed by atoms with Crippen LogP contribution in [-0.2, 0) is 5.41 Å². The summed E-state index contributed by atoms with van der Waals surface area (Å²) in [5.74, 6) is 1.00. The van der Waals surface area contributed by atoms with Crippen LogP contribution in [0, 0.1) is 0 Å². The largest absolute Gasteiger partial charge is 0.437 e. The van der Waals surface area contributed by atoms with E-state index < -0.39 is 6.03 Å². The number of rotatable bonds is 5. The highest BCUT2D eigenvalue weighted by atomic mass is 35.5. The normalized spacial score (nSPS) is 11.2. The summed E-state index contributed by atoms with van der Waals surface area (Å²) in [4.78, 5) is 21.4. The highest BCUT2D eigenvalue weighted by molar-refractivity contribution is 7.14. The van der Waals surface area contributed by atoms with Crippen LogP contribution in [-0.4, -0.2) is 16.0 Å². The summed E-state index contributed by atoms with van der Waals surface area (Å²) in [6.07, 6.45) is 1.62. The van der Waals surface area contributed by atoms with Crippen molar-refractivity contribution in [1.82, 2.24) is 9.97 Å². The molecule has 0 atom stereocenters. The number of benzene rings is 2. The number of ether oxygens (including phenoxy) is 1. The van der Waals surface area contributed by atoms with Crippen molar-refractivity contribution in [2.24, 2.45) is 0 Å². The van der Waals surface area contributed by atoms with Crippen molar-refractivity contribution in [2.45, 2.75) is 26.2 Å². The number of para-hydroxylation sites is 1. The Morgan fingerprint density at radius 1 is 1.00 bits per heavy atom. The molecule has 2 amide bonds. The Balaban J connectivity index is 1.48. The number of carbonyl (C=O) groups is 1. The van der Waals surface area contributed by atoms with Crippen LogP contribution in [0.3, 0.4) is 0 Å². The molecule has 0 bridgehead atoms. The second kappa shape index (κ2) is 9.60. The van der Waals surface area contributed by atoms with Gasteiger partial charge in [-0.15, -0.1) is 11.3 Å². The number of hydrogen-bond acceptors (Lipinski definition) is 5. The molecule has 0 radical (unpaired) electrons. The van der Waals surface area contributed by atoms with Crippen LogP contribution in [0.2, 0.25) is 5.02 Å². The van der Waals surface area contributed by atoms with E-state index in [9.17, 15) is 4.79 Å². The third kappa shape index (κ3) is 5.69. The summed E-state index contributed by atoms with van der Waals surface area (Å²) in [6.45, 7) is 6.35. The summed E-state index contributed by atoms with van der Waals surface area (Å²) in [5.41, 5.74) is 3.07. The van der Waals surface area contributed by atoms with Gasteiger partial charge in [0.25, 0.3) is 0 Å². The van der Waals surface area contributed by atoms with Crippen LogP contribution < -0.4 is 15.4 Å². The molecule has 0 aliphatic carbocycles. The van der Waals surface area contributed by atoms with E-state index in [1.54, 1.807) is 30.5 Å². The number of nitrogens with one attached hydrogen (secondary N) is 2. The molecular weight excluding hydrogens is 456 g/mol. The van der Waals surface area contributed by atoms with Crippen molar-refractivity contribution < 1.29 is 9.53 Å². The fourth-order valence-electron chi connectivity index (χ4n) is 3.18. The molecule has 0 aliphatic rings. The van der Waals surface area contributed by atoms with Crippen LogP contribution in [0.4, 0.5) is 15.6 Å². The standard InChI is InChI=1S/C25H23ClN4O2S/c1-25(2,3)18-7-4-5-9-21(18)32-22-19(8-6-14-27-22)28-23(31)30-24-29-20(15-33-24)16-10-12-17(26)13-11-16/h4-15H,1-3H3,(H2,28,29,30,31). The number of hydrogen-bond donors (Lipinski definition) is 2. The number of aromatic nitrogens is 2. The molecule has 2 N–H and O–H groups in total. The summed E-state index contributed by atoms with van der Waals surface area (Å²) in [7, 11) is 0. The first-order valence-electron chi connectivity index (χ1n) is 10.3. The minimum absolute atomic E-state index is 0.108. The van der Waals surface area contributed by atoms with Crippen LogP contribution in [0.5, 0.6) is 11.6 Å². The van der Waals surface area contributed by atoms with Gasteiger partial charge >= 0.3 is 6.03 Å². The molecule has 0 spiro atoms. The molecule has 2 aromatic carbocycles. The Morgan fingerprint density at radius 3 is 2.52 bits per heavy atom. The second-order valence-electron chi connectivity index (χ2n) is 8.33.